The van der Waals surface area contributed by atoms with Crippen molar-refractivity contribution in [2.24, 2.45) is 0 Å². The minimum absolute atomic E-state index is 0.268. The second-order valence-corrected chi connectivity index (χ2v) is 6.90. The van der Waals surface area contributed by atoms with Gasteiger partial charge in [-0.2, -0.15) is 0 Å². The lowest BCUT2D eigenvalue weighted by molar-refractivity contribution is 0.102. The van der Waals surface area contributed by atoms with E-state index >= 15 is 0 Å². The number of anilines is 2. The molecule has 136 valence electrons. The van der Waals surface area contributed by atoms with E-state index in [0.717, 1.165) is 18.7 Å². The number of hydrogen-bond acceptors (Lipinski definition) is 4. The van der Waals surface area contributed by atoms with Crippen LogP contribution in [0.2, 0.25) is 5.02 Å². The van der Waals surface area contributed by atoms with Crippen LogP contribution < -0.4 is 10.6 Å². The zero-order valence-electron chi connectivity index (χ0n) is 14.9. The molecule has 26 heavy (non-hydrogen) atoms. The van der Waals surface area contributed by atoms with Crippen molar-refractivity contribution < 1.29 is 4.79 Å². The molecule has 2 aromatic rings. The van der Waals surface area contributed by atoms with E-state index in [1.165, 1.54) is 31.3 Å². The molecule has 6 heteroatoms. The Morgan fingerprint density at radius 1 is 1.19 bits per heavy atom. The summed E-state index contributed by atoms with van der Waals surface area (Å²) in [5.74, 6) is 0.221. The molecule has 0 unspecified atom stereocenters. The summed E-state index contributed by atoms with van der Waals surface area (Å²) in [4.78, 5) is 21.2. The van der Waals surface area contributed by atoms with E-state index in [4.69, 9.17) is 11.6 Å². The van der Waals surface area contributed by atoms with Crippen LogP contribution in [0.3, 0.4) is 0 Å². The first-order valence-electron chi connectivity index (χ1n) is 8.94. The van der Waals surface area contributed by atoms with E-state index in [-0.39, 0.29) is 5.91 Å². The molecule has 0 spiro atoms. The van der Waals surface area contributed by atoms with Gasteiger partial charge in [-0.15, -0.1) is 0 Å². The Labute approximate surface area is 158 Å². The molecule has 1 heterocycles. The Morgan fingerprint density at radius 2 is 2.00 bits per heavy atom. The van der Waals surface area contributed by atoms with Crippen molar-refractivity contribution in [2.45, 2.75) is 39.0 Å². The number of benzene rings is 1. The van der Waals surface area contributed by atoms with Crippen molar-refractivity contribution in [3.05, 3.63) is 58.4 Å². The number of hydrogen-bond donors (Lipinski definition) is 2. The normalized spacial score (nSPS) is 13.8. The van der Waals surface area contributed by atoms with Gasteiger partial charge in [-0.05, 0) is 69.4 Å². The maximum absolute atomic E-state index is 12.5. The predicted molar refractivity (Wildman–Crippen MR) is 106 cm³/mol. The van der Waals surface area contributed by atoms with Crippen LogP contribution in [0.4, 0.5) is 11.6 Å². The molecule has 1 amide bonds. The quantitative estimate of drug-likeness (QED) is 0.702. The van der Waals surface area contributed by atoms with Gasteiger partial charge in [-0.25, -0.2) is 9.97 Å². The Hall–Kier alpha value is -2.40. The zero-order chi connectivity index (χ0) is 18.4. The molecule has 0 fully saturated rings. The number of carbonyl (C=O) groups is 1. The fourth-order valence-electron chi connectivity index (χ4n) is 2.96. The SMILES string of the molecule is Cc1cc(C(=O)Nc2ccc(Cl)cc2)nc(NCCC2=CCCCC2)n1. The molecule has 5 nitrogen and oxygen atoms in total. The van der Waals surface area contributed by atoms with E-state index in [9.17, 15) is 4.79 Å². The van der Waals surface area contributed by atoms with E-state index in [1.807, 2.05) is 6.92 Å². The molecule has 0 saturated heterocycles. The van der Waals surface area contributed by atoms with Crippen molar-refractivity contribution in [2.75, 3.05) is 17.2 Å². The largest absolute Gasteiger partial charge is 0.354 e. The van der Waals surface area contributed by atoms with Crippen LogP contribution in [0.5, 0.6) is 0 Å². The standard InChI is InChI=1S/C20H23ClN4O/c1-14-13-18(19(26)24-17-9-7-16(21)8-10-17)25-20(23-14)22-12-11-15-5-3-2-4-6-15/h5,7-10,13H,2-4,6,11-12H2,1H3,(H,24,26)(H,22,23,25). The third-order valence-corrected chi connectivity index (χ3v) is 4.56. The minimum Gasteiger partial charge on any atom is -0.354 e. The van der Waals surface area contributed by atoms with Gasteiger partial charge in [0.2, 0.25) is 5.95 Å². The summed E-state index contributed by atoms with van der Waals surface area (Å²) >= 11 is 5.87. The number of amides is 1. The van der Waals surface area contributed by atoms with Crippen molar-refractivity contribution in [1.82, 2.24) is 9.97 Å². The summed E-state index contributed by atoms with van der Waals surface area (Å²) in [6.07, 6.45) is 8.28. The Kier molecular flexibility index (Phi) is 6.23. The highest BCUT2D eigenvalue weighted by molar-refractivity contribution is 6.30. The van der Waals surface area contributed by atoms with Gasteiger partial charge in [0.15, 0.2) is 0 Å². The average Bonchev–Trinajstić information content (AvgIpc) is 2.64. The molecule has 1 aliphatic carbocycles. The van der Waals surface area contributed by atoms with Gasteiger partial charge in [-0.3, -0.25) is 4.79 Å². The van der Waals surface area contributed by atoms with Crippen LogP contribution in [0.25, 0.3) is 0 Å². The highest BCUT2D eigenvalue weighted by Gasteiger charge is 2.11. The van der Waals surface area contributed by atoms with Gasteiger partial charge in [0, 0.05) is 22.9 Å². The molecule has 3 rings (SSSR count). The van der Waals surface area contributed by atoms with Crippen LogP contribution in [-0.4, -0.2) is 22.4 Å². The zero-order valence-corrected chi connectivity index (χ0v) is 15.6. The van der Waals surface area contributed by atoms with Gasteiger partial charge < -0.3 is 10.6 Å². The van der Waals surface area contributed by atoms with Gasteiger partial charge in [0.1, 0.15) is 5.69 Å². The van der Waals surface area contributed by atoms with Crippen LogP contribution in [0.15, 0.2) is 42.0 Å². The number of allylic oxidation sites excluding steroid dienone is 1. The molecule has 1 aromatic carbocycles. The first-order valence-corrected chi connectivity index (χ1v) is 9.32. The number of aromatic nitrogens is 2. The number of nitrogens with zero attached hydrogens (tertiary/aromatic N) is 2. The Balaban J connectivity index is 1.61. The molecule has 0 radical (unpaired) electrons. The Morgan fingerprint density at radius 3 is 2.73 bits per heavy atom. The average molecular weight is 371 g/mol. The highest BCUT2D eigenvalue weighted by atomic mass is 35.5. The number of halogens is 1. The van der Waals surface area contributed by atoms with Gasteiger partial charge in [0.05, 0.1) is 0 Å². The summed E-state index contributed by atoms with van der Waals surface area (Å²) in [5.41, 5.74) is 3.26. The van der Waals surface area contributed by atoms with Gasteiger partial charge in [-0.1, -0.05) is 23.3 Å². The van der Waals surface area contributed by atoms with E-state index < -0.39 is 0 Å². The number of nitrogens with one attached hydrogen (secondary N) is 2. The molecule has 1 aromatic heterocycles. The maximum atomic E-state index is 12.5. The summed E-state index contributed by atoms with van der Waals surface area (Å²) in [5, 5.41) is 6.69. The number of aryl methyl sites for hydroxylation is 1. The third-order valence-electron chi connectivity index (χ3n) is 4.30. The highest BCUT2D eigenvalue weighted by Crippen LogP contribution is 2.20. The fourth-order valence-corrected chi connectivity index (χ4v) is 3.08. The van der Waals surface area contributed by atoms with Gasteiger partial charge in [0.25, 0.3) is 5.91 Å². The summed E-state index contributed by atoms with van der Waals surface area (Å²) in [6.45, 7) is 2.63. The Bertz CT molecular complexity index is 802. The number of rotatable bonds is 6. The lowest BCUT2D eigenvalue weighted by atomic mass is 9.97. The minimum atomic E-state index is -0.268. The third kappa shape index (κ3) is 5.30. The lowest BCUT2D eigenvalue weighted by Crippen LogP contribution is -2.16. The van der Waals surface area contributed by atoms with E-state index in [2.05, 4.69) is 26.7 Å². The van der Waals surface area contributed by atoms with Crippen LogP contribution in [0, 0.1) is 6.92 Å². The van der Waals surface area contributed by atoms with Crippen molar-refractivity contribution in [1.29, 1.82) is 0 Å². The molecule has 0 aliphatic heterocycles. The maximum Gasteiger partial charge on any atom is 0.274 e. The van der Waals surface area contributed by atoms with Crippen molar-refractivity contribution in [3.63, 3.8) is 0 Å². The van der Waals surface area contributed by atoms with Crippen LogP contribution in [0.1, 0.15) is 48.3 Å². The number of carbonyl (C=O) groups excluding carboxylic acids is 1. The van der Waals surface area contributed by atoms with Gasteiger partial charge >= 0.3 is 0 Å². The first-order chi connectivity index (χ1) is 12.6. The summed E-state index contributed by atoms with van der Waals surface area (Å²) in [7, 11) is 0. The van der Waals surface area contributed by atoms with Crippen LogP contribution >= 0.6 is 11.6 Å². The second kappa shape index (κ2) is 8.81. The van der Waals surface area contributed by atoms with E-state index in [1.54, 1.807) is 30.3 Å². The molecule has 0 bridgehead atoms. The molecule has 0 atom stereocenters. The molecule has 1 aliphatic rings. The smallest absolute Gasteiger partial charge is 0.274 e. The summed E-state index contributed by atoms with van der Waals surface area (Å²) < 4.78 is 0. The van der Waals surface area contributed by atoms with Crippen LogP contribution in [-0.2, 0) is 0 Å². The molecule has 2 N–H and O–H groups in total. The van der Waals surface area contributed by atoms with Crippen molar-refractivity contribution >= 4 is 29.1 Å². The monoisotopic (exact) mass is 370 g/mol. The molecule has 0 saturated carbocycles. The van der Waals surface area contributed by atoms with E-state index in [0.29, 0.717) is 22.4 Å². The lowest BCUT2D eigenvalue weighted by Gasteiger charge is -2.13. The molecular formula is C20H23ClN4O. The first kappa shape index (κ1) is 18.4. The predicted octanol–water partition coefficient (Wildman–Crippen LogP) is 4.99. The fraction of sp³-hybridized carbons (Fsp3) is 0.350. The summed E-state index contributed by atoms with van der Waals surface area (Å²) in [6, 6.07) is 8.65. The topological polar surface area (TPSA) is 66.9 Å². The second-order valence-electron chi connectivity index (χ2n) is 6.46. The van der Waals surface area contributed by atoms with Crippen molar-refractivity contribution in [3.8, 4) is 0 Å². The molecular weight excluding hydrogens is 348 g/mol.